The number of piperidine rings is 1. The van der Waals surface area contributed by atoms with E-state index in [0.717, 1.165) is 19.4 Å². The van der Waals surface area contributed by atoms with Crippen molar-refractivity contribution < 1.29 is 14.6 Å². The van der Waals surface area contributed by atoms with Crippen molar-refractivity contribution in [1.29, 1.82) is 0 Å². The van der Waals surface area contributed by atoms with Crippen molar-refractivity contribution in [2.24, 2.45) is 0 Å². The summed E-state index contributed by atoms with van der Waals surface area (Å²) in [5.74, 6) is 0. The first-order valence-corrected chi connectivity index (χ1v) is 7.60. The van der Waals surface area contributed by atoms with Gasteiger partial charge in [0.1, 0.15) is 6.10 Å². The lowest BCUT2D eigenvalue weighted by molar-refractivity contribution is -0.0693. The van der Waals surface area contributed by atoms with Gasteiger partial charge in [-0.1, -0.05) is 30.3 Å². The van der Waals surface area contributed by atoms with E-state index in [9.17, 15) is 9.90 Å². The van der Waals surface area contributed by atoms with Crippen LogP contribution in [0.1, 0.15) is 18.4 Å². The number of benzene rings is 1. The summed E-state index contributed by atoms with van der Waals surface area (Å²) < 4.78 is 5.51. The fourth-order valence-corrected chi connectivity index (χ4v) is 3.14. The van der Waals surface area contributed by atoms with Crippen molar-refractivity contribution in [3.05, 3.63) is 35.9 Å². The summed E-state index contributed by atoms with van der Waals surface area (Å²) >= 11 is 0. The highest BCUT2D eigenvalue weighted by molar-refractivity contribution is 5.71. The molecule has 5 heteroatoms. The molecule has 21 heavy (non-hydrogen) atoms. The number of carbonyl (C=O) groups is 1. The number of hydrogen-bond donors (Lipinski definition) is 2. The van der Waals surface area contributed by atoms with Crippen molar-refractivity contribution in [2.75, 3.05) is 26.2 Å². The van der Waals surface area contributed by atoms with Crippen LogP contribution in [0.15, 0.2) is 30.3 Å². The van der Waals surface area contributed by atoms with Crippen molar-refractivity contribution >= 4 is 6.09 Å². The molecular weight excluding hydrogens is 268 g/mol. The number of hydrogen-bond acceptors (Lipinski definition) is 4. The third kappa shape index (κ3) is 3.04. The van der Waals surface area contributed by atoms with Gasteiger partial charge in [-0.05, 0) is 24.9 Å². The molecule has 114 valence electrons. The highest BCUT2D eigenvalue weighted by Crippen LogP contribution is 2.31. The van der Waals surface area contributed by atoms with Gasteiger partial charge in [0, 0.05) is 19.5 Å². The predicted octanol–water partition coefficient (Wildman–Crippen LogP) is 1.16. The summed E-state index contributed by atoms with van der Waals surface area (Å²) in [7, 11) is 0. The van der Waals surface area contributed by atoms with Crippen LogP contribution in [0, 0.1) is 0 Å². The number of carbonyl (C=O) groups excluding carboxylic acids is 1. The summed E-state index contributed by atoms with van der Waals surface area (Å²) in [4.78, 5) is 13.7. The lowest BCUT2D eigenvalue weighted by atomic mass is 9.89. The van der Waals surface area contributed by atoms with Gasteiger partial charge in [0.05, 0.1) is 6.54 Å². The van der Waals surface area contributed by atoms with Gasteiger partial charge in [-0.2, -0.15) is 0 Å². The smallest absolute Gasteiger partial charge is 0.410 e. The molecule has 0 radical (unpaired) electrons. The van der Waals surface area contributed by atoms with Crippen LogP contribution in [0.4, 0.5) is 4.79 Å². The lowest BCUT2D eigenvalue weighted by Gasteiger charge is -2.36. The first kappa shape index (κ1) is 14.4. The molecule has 2 saturated heterocycles. The maximum Gasteiger partial charge on any atom is 0.410 e. The summed E-state index contributed by atoms with van der Waals surface area (Å²) in [5.41, 5.74) is 0.580. The number of nitrogens with one attached hydrogen (secondary N) is 1. The molecule has 0 bridgehead atoms. The number of amides is 1. The van der Waals surface area contributed by atoms with Gasteiger partial charge >= 0.3 is 6.09 Å². The van der Waals surface area contributed by atoms with Gasteiger partial charge in [-0.3, -0.25) is 0 Å². The van der Waals surface area contributed by atoms with E-state index in [1.807, 2.05) is 18.2 Å². The zero-order valence-corrected chi connectivity index (χ0v) is 12.1. The molecule has 0 aromatic heterocycles. The Morgan fingerprint density at radius 2 is 2.19 bits per heavy atom. The Hall–Kier alpha value is -1.59. The van der Waals surface area contributed by atoms with Crippen LogP contribution in [0.25, 0.3) is 0 Å². The fraction of sp³-hybridized carbons (Fsp3) is 0.562. The molecule has 2 aliphatic heterocycles. The third-order valence-electron chi connectivity index (χ3n) is 4.41. The lowest BCUT2D eigenvalue weighted by Crippen LogP contribution is -2.56. The minimum Gasteiger partial charge on any atom is -0.438 e. The molecule has 2 aliphatic rings. The number of rotatable bonds is 4. The second-order valence-corrected chi connectivity index (χ2v) is 5.91. The molecule has 1 aromatic carbocycles. The number of aryl methyl sites for hydroxylation is 1. The molecule has 0 aliphatic carbocycles. The topological polar surface area (TPSA) is 61.8 Å². The quantitative estimate of drug-likeness (QED) is 0.873. The maximum absolute atomic E-state index is 12.0. The summed E-state index contributed by atoms with van der Waals surface area (Å²) in [6, 6.07) is 10.3. The van der Waals surface area contributed by atoms with Crippen molar-refractivity contribution in [3.63, 3.8) is 0 Å². The van der Waals surface area contributed by atoms with Crippen LogP contribution in [0.5, 0.6) is 0 Å². The molecule has 2 N–H and O–H groups in total. The Bertz CT molecular complexity index is 494. The van der Waals surface area contributed by atoms with Crippen LogP contribution < -0.4 is 5.32 Å². The minimum absolute atomic E-state index is 0.288. The van der Waals surface area contributed by atoms with Crippen molar-refractivity contribution in [3.8, 4) is 0 Å². The molecular formula is C16H22N2O3. The molecule has 1 spiro atoms. The van der Waals surface area contributed by atoms with Crippen LogP contribution in [-0.4, -0.2) is 54.0 Å². The van der Waals surface area contributed by atoms with Crippen molar-refractivity contribution in [2.45, 2.75) is 31.0 Å². The zero-order chi connectivity index (χ0) is 14.7. The SMILES string of the molecule is O=C1O[C@@]2(CCNC[C@@H]2O)CN1CCCc1ccccc1. The molecule has 0 saturated carbocycles. The monoisotopic (exact) mass is 290 g/mol. The van der Waals surface area contributed by atoms with Crippen LogP contribution in [0.3, 0.4) is 0 Å². The van der Waals surface area contributed by atoms with E-state index in [0.29, 0.717) is 26.1 Å². The highest BCUT2D eigenvalue weighted by atomic mass is 16.6. The number of aliphatic hydroxyl groups is 1. The Kier molecular flexibility index (Phi) is 4.12. The third-order valence-corrected chi connectivity index (χ3v) is 4.41. The first-order valence-electron chi connectivity index (χ1n) is 7.60. The van der Waals surface area contributed by atoms with Crippen LogP contribution in [0.2, 0.25) is 0 Å². The van der Waals surface area contributed by atoms with E-state index in [1.165, 1.54) is 5.56 Å². The Morgan fingerprint density at radius 1 is 1.38 bits per heavy atom. The van der Waals surface area contributed by atoms with Crippen LogP contribution >= 0.6 is 0 Å². The minimum atomic E-state index is -0.699. The first-order chi connectivity index (χ1) is 10.2. The number of nitrogens with zero attached hydrogens (tertiary/aromatic N) is 1. The molecule has 3 rings (SSSR count). The van der Waals surface area contributed by atoms with Crippen molar-refractivity contribution in [1.82, 2.24) is 10.2 Å². The Labute approximate surface area is 124 Å². The number of ether oxygens (including phenoxy) is 1. The second-order valence-electron chi connectivity index (χ2n) is 5.91. The van der Waals surface area contributed by atoms with Gasteiger partial charge in [0.25, 0.3) is 0 Å². The van der Waals surface area contributed by atoms with Crippen LogP contribution in [-0.2, 0) is 11.2 Å². The molecule has 0 unspecified atom stereocenters. The normalized spacial score (nSPS) is 28.9. The van der Waals surface area contributed by atoms with E-state index >= 15 is 0 Å². The molecule has 5 nitrogen and oxygen atoms in total. The van der Waals surface area contributed by atoms with E-state index in [-0.39, 0.29) is 6.09 Å². The summed E-state index contributed by atoms with van der Waals surface area (Å²) in [6.45, 7) is 2.45. The van der Waals surface area contributed by atoms with E-state index < -0.39 is 11.7 Å². The highest BCUT2D eigenvalue weighted by Gasteiger charge is 2.51. The molecule has 1 amide bonds. The zero-order valence-electron chi connectivity index (χ0n) is 12.1. The predicted molar refractivity (Wildman–Crippen MR) is 79.0 cm³/mol. The van der Waals surface area contributed by atoms with Gasteiger partial charge < -0.3 is 20.1 Å². The molecule has 2 heterocycles. The second kappa shape index (κ2) is 6.03. The van der Waals surface area contributed by atoms with Gasteiger partial charge in [0.2, 0.25) is 0 Å². The summed E-state index contributed by atoms with van der Waals surface area (Å²) in [5, 5.41) is 13.3. The molecule has 2 atom stereocenters. The van der Waals surface area contributed by atoms with Gasteiger partial charge in [-0.25, -0.2) is 4.79 Å². The Morgan fingerprint density at radius 3 is 2.95 bits per heavy atom. The average Bonchev–Trinajstić information content (AvgIpc) is 2.81. The number of β-amino-alcohol motifs (C(OH)–C–C–N with tert-alkyl or cyclic N) is 1. The summed E-state index contributed by atoms with van der Waals surface area (Å²) in [6.07, 6.45) is 1.62. The van der Waals surface area contributed by atoms with E-state index in [2.05, 4.69) is 17.4 Å². The fourth-order valence-electron chi connectivity index (χ4n) is 3.14. The van der Waals surface area contributed by atoms with Gasteiger partial charge in [-0.15, -0.1) is 0 Å². The van der Waals surface area contributed by atoms with E-state index in [4.69, 9.17) is 4.74 Å². The standard InChI is InChI=1S/C16H22N2O3/c19-14-11-17-9-8-16(14)12-18(15(20)21-16)10-4-7-13-5-2-1-3-6-13/h1-3,5-6,14,17,19H,4,7-12H2/t14-,16-/m0/s1. The molecule has 2 fully saturated rings. The van der Waals surface area contributed by atoms with E-state index in [1.54, 1.807) is 4.90 Å². The molecule has 1 aromatic rings. The largest absolute Gasteiger partial charge is 0.438 e. The Balaban J connectivity index is 1.53. The maximum atomic E-state index is 12.0. The number of aliphatic hydroxyl groups excluding tert-OH is 1. The average molecular weight is 290 g/mol. The van der Waals surface area contributed by atoms with Gasteiger partial charge in [0.15, 0.2) is 5.60 Å².